The van der Waals surface area contributed by atoms with Gasteiger partial charge < -0.3 is 10.5 Å². The zero-order chi connectivity index (χ0) is 12.0. The maximum Gasteiger partial charge on any atom is 0.165 e. The Labute approximate surface area is 96.6 Å². The summed E-state index contributed by atoms with van der Waals surface area (Å²) in [6, 6.07) is 7.30. The van der Waals surface area contributed by atoms with Crippen molar-refractivity contribution in [2.75, 3.05) is 13.2 Å². The number of rotatable bonds is 6. The fourth-order valence-corrected chi connectivity index (χ4v) is 1.57. The topological polar surface area (TPSA) is 52.3 Å². The van der Waals surface area contributed by atoms with Crippen molar-refractivity contribution < 1.29 is 9.53 Å². The second-order valence-electron chi connectivity index (χ2n) is 3.80. The number of carbonyl (C=O) groups excluding carboxylic acids is 1. The molecule has 0 aliphatic heterocycles. The molecular formula is C13H19NO2. The average molecular weight is 221 g/mol. The maximum atomic E-state index is 12.0. The van der Waals surface area contributed by atoms with Crippen LogP contribution >= 0.6 is 0 Å². The predicted molar refractivity (Wildman–Crippen MR) is 64.8 cm³/mol. The summed E-state index contributed by atoms with van der Waals surface area (Å²) in [5.74, 6) is 0.849. The molecule has 2 N–H and O–H groups in total. The van der Waals surface area contributed by atoms with Gasteiger partial charge in [0.15, 0.2) is 5.78 Å². The molecule has 88 valence electrons. The summed E-state index contributed by atoms with van der Waals surface area (Å²) in [7, 11) is 0. The summed E-state index contributed by atoms with van der Waals surface area (Å²) in [4.78, 5) is 12.0. The summed E-state index contributed by atoms with van der Waals surface area (Å²) in [5.41, 5.74) is 6.15. The predicted octanol–water partition coefficient (Wildman–Crippen LogP) is 2.25. The third-order valence-corrected chi connectivity index (χ3v) is 2.48. The van der Waals surface area contributed by atoms with Gasteiger partial charge in [0.1, 0.15) is 5.75 Å². The van der Waals surface area contributed by atoms with E-state index in [0.29, 0.717) is 18.7 Å². The normalized spacial score (nSPS) is 12.2. The Hall–Kier alpha value is -1.35. The first-order valence-corrected chi connectivity index (χ1v) is 5.66. The van der Waals surface area contributed by atoms with E-state index >= 15 is 0 Å². The van der Waals surface area contributed by atoms with Gasteiger partial charge in [-0.25, -0.2) is 0 Å². The van der Waals surface area contributed by atoms with Gasteiger partial charge in [-0.15, -0.1) is 0 Å². The van der Waals surface area contributed by atoms with Crippen LogP contribution in [-0.4, -0.2) is 18.9 Å². The molecule has 0 saturated heterocycles. The Morgan fingerprint density at radius 3 is 2.88 bits per heavy atom. The minimum absolute atomic E-state index is 0.0260. The molecule has 0 fully saturated rings. The molecule has 0 heterocycles. The van der Waals surface area contributed by atoms with E-state index in [1.165, 1.54) is 0 Å². The quantitative estimate of drug-likeness (QED) is 0.750. The van der Waals surface area contributed by atoms with Gasteiger partial charge in [0.25, 0.3) is 0 Å². The lowest BCUT2D eigenvalue weighted by Gasteiger charge is -2.10. The van der Waals surface area contributed by atoms with E-state index < -0.39 is 0 Å². The maximum absolute atomic E-state index is 12.0. The molecule has 1 aromatic rings. The highest BCUT2D eigenvalue weighted by Crippen LogP contribution is 2.17. The van der Waals surface area contributed by atoms with Crippen LogP contribution in [0.2, 0.25) is 0 Å². The van der Waals surface area contributed by atoms with E-state index in [2.05, 4.69) is 0 Å². The molecule has 16 heavy (non-hydrogen) atoms. The fraction of sp³-hybridized carbons (Fsp3) is 0.462. The molecule has 1 rings (SSSR count). The van der Waals surface area contributed by atoms with E-state index in [9.17, 15) is 4.79 Å². The Morgan fingerprint density at radius 2 is 2.25 bits per heavy atom. The van der Waals surface area contributed by atoms with Crippen molar-refractivity contribution in [1.29, 1.82) is 0 Å². The summed E-state index contributed by atoms with van der Waals surface area (Å²) < 4.78 is 5.36. The Bertz CT molecular complexity index is 350. The number of nitrogens with two attached hydrogens (primary N) is 1. The van der Waals surface area contributed by atoms with Crippen molar-refractivity contribution in [3.63, 3.8) is 0 Å². The van der Waals surface area contributed by atoms with Gasteiger partial charge >= 0.3 is 0 Å². The van der Waals surface area contributed by atoms with Crippen molar-refractivity contribution in [2.45, 2.75) is 20.3 Å². The first-order valence-electron chi connectivity index (χ1n) is 5.66. The molecule has 0 bridgehead atoms. The zero-order valence-corrected chi connectivity index (χ0v) is 9.90. The molecule has 0 radical (unpaired) electrons. The molecule has 1 atom stereocenters. The second-order valence-corrected chi connectivity index (χ2v) is 3.80. The number of carbonyl (C=O) groups is 1. The van der Waals surface area contributed by atoms with Gasteiger partial charge in [0.05, 0.1) is 6.61 Å². The Balaban J connectivity index is 2.78. The summed E-state index contributed by atoms with van der Waals surface area (Å²) in [6.45, 7) is 4.97. The second kappa shape index (κ2) is 6.28. The van der Waals surface area contributed by atoms with Crippen LogP contribution in [0, 0.1) is 5.92 Å². The highest BCUT2D eigenvalue weighted by molar-refractivity contribution is 5.97. The lowest BCUT2D eigenvalue weighted by atomic mass is 9.96. The third-order valence-electron chi connectivity index (χ3n) is 2.48. The molecule has 0 saturated carbocycles. The van der Waals surface area contributed by atoms with E-state index in [1.807, 2.05) is 32.0 Å². The molecule has 3 heteroatoms. The minimum atomic E-state index is -0.0260. The highest BCUT2D eigenvalue weighted by atomic mass is 16.5. The zero-order valence-electron chi connectivity index (χ0n) is 9.90. The van der Waals surface area contributed by atoms with E-state index in [-0.39, 0.29) is 11.7 Å². The molecule has 1 unspecified atom stereocenters. The van der Waals surface area contributed by atoms with Crippen LogP contribution in [-0.2, 0) is 0 Å². The van der Waals surface area contributed by atoms with Crippen LogP contribution in [0.1, 0.15) is 30.6 Å². The van der Waals surface area contributed by atoms with Gasteiger partial charge in [-0.05, 0) is 32.0 Å². The first-order chi connectivity index (χ1) is 7.69. The van der Waals surface area contributed by atoms with Crippen LogP contribution in [0.5, 0.6) is 5.75 Å². The summed E-state index contributed by atoms with van der Waals surface area (Å²) >= 11 is 0. The number of hydrogen-bond acceptors (Lipinski definition) is 3. The first kappa shape index (κ1) is 12.7. The monoisotopic (exact) mass is 221 g/mol. The molecule has 3 nitrogen and oxygen atoms in total. The SMILES string of the molecule is CCOc1cccc(C(=O)C(C)CCN)c1. The summed E-state index contributed by atoms with van der Waals surface area (Å²) in [5, 5.41) is 0. The molecule has 0 aliphatic rings. The van der Waals surface area contributed by atoms with Gasteiger partial charge in [0.2, 0.25) is 0 Å². The van der Waals surface area contributed by atoms with E-state index in [0.717, 1.165) is 12.2 Å². The van der Waals surface area contributed by atoms with Crippen molar-refractivity contribution in [3.8, 4) is 5.75 Å². The summed E-state index contributed by atoms with van der Waals surface area (Å²) in [6.07, 6.45) is 0.720. The van der Waals surface area contributed by atoms with Crippen LogP contribution in [0.25, 0.3) is 0 Å². The third kappa shape index (κ3) is 3.35. The lowest BCUT2D eigenvalue weighted by molar-refractivity contribution is 0.0925. The fourth-order valence-electron chi connectivity index (χ4n) is 1.57. The molecule has 0 amide bonds. The van der Waals surface area contributed by atoms with Gasteiger partial charge in [-0.3, -0.25) is 4.79 Å². The smallest absolute Gasteiger partial charge is 0.165 e. The minimum Gasteiger partial charge on any atom is -0.494 e. The standard InChI is InChI=1S/C13H19NO2/c1-3-16-12-6-4-5-11(9-12)13(15)10(2)7-8-14/h4-6,9-10H,3,7-8,14H2,1-2H3. The van der Waals surface area contributed by atoms with Crippen molar-refractivity contribution in [2.24, 2.45) is 11.7 Å². The van der Waals surface area contributed by atoms with Crippen molar-refractivity contribution in [3.05, 3.63) is 29.8 Å². The number of hydrogen-bond donors (Lipinski definition) is 1. The van der Waals surface area contributed by atoms with E-state index in [1.54, 1.807) is 6.07 Å². The molecule has 0 aliphatic carbocycles. The lowest BCUT2D eigenvalue weighted by Crippen LogP contribution is -2.15. The van der Waals surface area contributed by atoms with Crippen LogP contribution in [0.4, 0.5) is 0 Å². The highest BCUT2D eigenvalue weighted by Gasteiger charge is 2.14. The van der Waals surface area contributed by atoms with Crippen LogP contribution in [0.15, 0.2) is 24.3 Å². The number of ether oxygens (including phenoxy) is 1. The average Bonchev–Trinajstić information content (AvgIpc) is 2.29. The largest absolute Gasteiger partial charge is 0.494 e. The van der Waals surface area contributed by atoms with Crippen molar-refractivity contribution >= 4 is 5.78 Å². The Kier molecular flexibility index (Phi) is 4.99. The van der Waals surface area contributed by atoms with E-state index in [4.69, 9.17) is 10.5 Å². The number of benzene rings is 1. The number of Topliss-reactive ketones (excluding diaryl/α,β-unsaturated/α-hetero) is 1. The van der Waals surface area contributed by atoms with Gasteiger partial charge in [0, 0.05) is 11.5 Å². The van der Waals surface area contributed by atoms with Gasteiger partial charge in [-0.1, -0.05) is 19.1 Å². The van der Waals surface area contributed by atoms with Gasteiger partial charge in [-0.2, -0.15) is 0 Å². The molecule has 0 spiro atoms. The molecule has 0 aromatic heterocycles. The number of ketones is 1. The van der Waals surface area contributed by atoms with Crippen LogP contribution in [0.3, 0.4) is 0 Å². The molecular weight excluding hydrogens is 202 g/mol. The van der Waals surface area contributed by atoms with Crippen LogP contribution < -0.4 is 10.5 Å². The Morgan fingerprint density at radius 1 is 1.50 bits per heavy atom. The molecule has 1 aromatic carbocycles. The van der Waals surface area contributed by atoms with Crippen molar-refractivity contribution in [1.82, 2.24) is 0 Å².